The van der Waals surface area contributed by atoms with Crippen LogP contribution in [-0.2, 0) is 19.2 Å². The molecule has 0 aromatic carbocycles. The van der Waals surface area contributed by atoms with Crippen molar-refractivity contribution in [3.63, 3.8) is 0 Å². The summed E-state index contributed by atoms with van der Waals surface area (Å²) in [4.78, 5) is 51.9. The smallest absolute Gasteiger partial charge is 0.325 e. The van der Waals surface area contributed by atoms with Crippen LogP contribution < -0.4 is 33.2 Å². The molecule has 31 heavy (non-hydrogen) atoms. The number of carboxylic acids is 1. The van der Waals surface area contributed by atoms with Crippen molar-refractivity contribution in [2.45, 2.75) is 70.0 Å². The first-order valence-electron chi connectivity index (χ1n) is 9.58. The zero-order valence-corrected chi connectivity index (χ0v) is 17.7. The van der Waals surface area contributed by atoms with E-state index in [2.05, 4.69) is 20.9 Å². The molecule has 0 aromatic rings. The molecule has 0 saturated heterocycles. The second-order valence-corrected chi connectivity index (χ2v) is 7.07. The van der Waals surface area contributed by atoms with E-state index < -0.39 is 60.1 Å². The van der Waals surface area contributed by atoms with Crippen LogP contribution in [0.2, 0.25) is 0 Å². The average molecular weight is 447 g/mol. The van der Waals surface area contributed by atoms with Gasteiger partial charge >= 0.3 is 5.97 Å². The molecule has 6 atom stereocenters. The second-order valence-electron chi connectivity index (χ2n) is 7.07. The van der Waals surface area contributed by atoms with Gasteiger partial charge in [-0.2, -0.15) is 0 Å². The standard InChI is InChI=1S/C17H33N7O7/c1-7(16(30)31)22-13(27)10(5-4-6-21-17(19)20)23-15(29)12(9(3)26)24-14(28)11(18)8(2)25/h7-12,25-26H,4-6,18H2,1-3H3,(H,22,27)(H,23,29)(H,24,28)(H,30,31)(H4,19,20,21). The lowest BCUT2D eigenvalue weighted by Crippen LogP contribution is -2.60. The molecule has 0 rings (SSSR count). The van der Waals surface area contributed by atoms with Crippen LogP contribution in [0.25, 0.3) is 0 Å². The fourth-order valence-electron chi connectivity index (χ4n) is 2.28. The van der Waals surface area contributed by atoms with E-state index in [0.29, 0.717) is 0 Å². The number of hydrogen-bond acceptors (Lipinski definition) is 8. The molecule has 6 unspecified atom stereocenters. The normalized spacial score (nSPS) is 16.6. The highest BCUT2D eigenvalue weighted by Gasteiger charge is 2.32. The van der Waals surface area contributed by atoms with E-state index in [9.17, 15) is 29.4 Å². The van der Waals surface area contributed by atoms with Crippen LogP contribution in [0.15, 0.2) is 4.99 Å². The van der Waals surface area contributed by atoms with Gasteiger partial charge in [0.25, 0.3) is 0 Å². The molecule has 0 aromatic heterocycles. The van der Waals surface area contributed by atoms with Crippen molar-refractivity contribution in [3.8, 4) is 0 Å². The maximum absolute atomic E-state index is 12.6. The van der Waals surface area contributed by atoms with E-state index in [1.165, 1.54) is 20.8 Å². The molecule has 3 amide bonds. The quantitative estimate of drug-likeness (QED) is 0.0745. The summed E-state index contributed by atoms with van der Waals surface area (Å²) in [5.74, 6) is -4.02. The minimum atomic E-state index is -1.48. The molecular formula is C17H33N7O7. The molecule has 0 bridgehead atoms. The largest absolute Gasteiger partial charge is 0.480 e. The van der Waals surface area contributed by atoms with E-state index in [-0.39, 0.29) is 25.3 Å². The van der Waals surface area contributed by atoms with Crippen molar-refractivity contribution in [1.82, 2.24) is 16.0 Å². The first kappa shape index (κ1) is 28.0. The number of aliphatic carboxylic acids is 1. The Morgan fingerprint density at radius 2 is 1.48 bits per heavy atom. The molecule has 0 radical (unpaired) electrons. The first-order chi connectivity index (χ1) is 14.3. The minimum absolute atomic E-state index is 0.0361. The Hall–Kier alpha value is -2.97. The average Bonchev–Trinajstić information content (AvgIpc) is 2.66. The SMILES string of the molecule is CC(NC(=O)C(CCCN=C(N)N)NC(=O)C(NC(=O)C(N)C(C)O)C(C)O)C(=O)O. The number of aliphatic hydroxyl groups is 2. The molecule has 0 fully saturated rings. The van der Waals surface area contributed by atoms with Crippen LogP contribution in [0.1, 0.15) is 33.6 Å². The van der Waals surface area contributed by atoms with Crippen LogP contribution in [0.5, 0.6) is 0 Å². The van der Waals surface area contributed by atoms with Crippen LogP contribution >= 0.6 is 0 Å². The molecule has 178 valence electrons. The number of rotatable bonds is 13. The number of nitrogens with two attached hydrogens (primary N) is 3. The Morgan fingerprint density at radius 1 is 0.903 bits per heavy atom. The number of aliphatic imine (C=N–C) groups is 1. The van der Waals surface area contributed by atoms with Crippen molar-refractivity contribution < 1.29 is 34.5 Å². The molecule has 0 aliphatic rings. The zero-order valence-electron chi connectivity index (χ0n) is 17.7. The third-order valence-corrected chi connectivity index (χ3v) is 4.19. The van der Waals surface area contributed by atoms with Crippen molar-refractivity contribution in [2.24, 2.45) is 22.2 Å². The van der Waals surface area contributed by atoms with Crippen molar-refractivity contribution in [2.75, 3.05) is 6.54 Å². The third-order valence-electron chi connectivity index (χ3n) is 4.19. The molecule has 0 saturated carbocycles. The summed E-state index contributed by atoms with van der Waals surface area (Å²) < 4.78 is 0. The molecule has 0 spiro atoms. The maximum atomic E-state index is 12.6. The van der Waals surface area contributed by atoms with Gasteiger partial charge in [0.15, 0.2) is 5.96 Å². The fourth-order valence-corrected chi connectivity index (χ4v) is 2.28. The number of carbonyl (C=O) groups excluding carboxylic acids is 3. The number of aliphatic hydroxyl groups excluding tert-OH is 2. The fraction of sp³-hybridized carbons (Fsp3) is 0.706. The van der Waals surface area contributed by atoms with Crippen LogP contribution in [0.3, 0.4) is 0 Å². The lowest BCUT2D eigenvalue weighted by Gasteiger charge is -2.26. The summed E-state index contributed by atoms with van der Waals surface area (Å²) in [7, 11) is 0. The van der Waals surface area contributed by atoms with Gasteiger partial charge in [0.05, 0.1) is 12.2 Å². The van der Waals surface area contributed by atoms with Gasteiger partial charge in [-0.15, -0.1) is 0 Å². The minimum Gasteiger partial charge on any atom is -0.480 e. The Morgan fingerprint density at radius 3 is 1.94 bits per heavy atom. The number of guanidine groups is 1. The van der Waals surface area contributed by atoms with Gasteiger partial charge in [0, 0.05) is 6.54 Å². The number of carboxylic acid groups (broad SMARTS) is 1. The van der Waals surface area contributed by atoms with Gasteiger partial charge in [-0.25, -0.2) is 0 Å². The molecule has 0 aliphatic carbocycles. The Labute approximate surface area is 179 Å². The molecule has 0 heterocycles. The van der Waals surface area contributed by atoms with Gasteiger partial charge in [0.2, 0.25) is 17.7 Å². The van der Waals surface area contributed by atoms with E-state index in [1.807, 2.05) is 0 Å². The zero-order chi connectivity index (χ0) is 24.3. The first-order valence-corrected chi connectivity index (χ1v) is 9.58. The van der Waals surface area contributed by atoms with Crippen molar-refractivity contribution in [1.29, 1.82) is 0 Å². The van der Waals surface area contributed by atoms with E-state index in [0.717, 1.165) is 0 Å². The highest BCUT2D eigenvalue weighted by molar-refractivity contribution is 5.94. The summed E-state index contributed by atoms with van der Waals surface area (Å²) in [6, 6.07) is -5.25. The molecule has 12 N–H and O–H groups in total. The Kier molecular flexibility index (Phi) is 12.1. The topological polar surface area (TPSA) is 255 Å². The Balaban J connectivity index is 5.37. The predicted octanol–water partition coefficient (Wildman–Crippen LogP) is -4.31. The summed E-state index contributed by atoms with van der Waals surface area (Å²) in [5.41, 5.74) is 16.0. The lowest BCUT2D eigenvalue weighted by atomic mass is 10.1. The summed E-state index contributed by atoms with van der Waals surface area (Å²) >= 11 is 0. The highest BCUT2D eigenvalue weighted by Crippen LogP contribution is 2.03. The highest BCUT2D eigenvalue weighted by atomic mass is 16.4. The third kappa shape index (κ3) is 10.6. The van der Waals surface area contributed by atoms with Crippen LogP contribution in [-0.4, -0.2) is 87.9 Å². The molecule has 0 aliphatic heterocycles. The van der Waals surface area contributed by atoms with E-state index in [4.69, 9.17) is 22.3 Å². The Bertz CT molecular complexity index is 665. The molecular weight excluding hydrogens is 414 g/mol. The van der Waals surface area contributed by atoms with Gasteiger partial charge in [-0.1, -0.05) is 0 Å². The lowest BCUT2D eigenvalue weighted by molar-refractivity contribution is -0.142. The maximum Gasteiger partial charge on any atom is 0.325 e. The number of amides is 3. The predicted molar refractivity (Wildman–Crippen MR) is 110 cm³/mol. The van der Waals surface area contributed by atoms with Crippen LogP contribution in [0, 0.1) is 0 Å². The van der Waals surface area contributed by atoms with Gasteiger partial charge in [-0.3, -0.25) is 24.2 Å². The number of nitrogens with one attached hydrogen (secondary N) is 3. The van der Waals surface area contributed by atoms with E-state index >= 15 is 0 Å². The molecule has 14 heteroatoms. The number of hydrogen-bond donors (Lipinski definition) is 9. The van der Waals surface area contributed by atoms with Crippen molar-refractivity contribution >= 4 is 29.7 Å². The summed E-state index contributed by atoms with van der Waals surface area (Å²) in [6.45, 7) is 3.91. The summed E-state index contributed by atoms with van der Waals surface area (Å²) in [5, 5.41) is 35.1. The number of carbonyl (C=O) groups is 4. The van der Waals surface area contributed by atoms with Crippen molar-refractivity contribution in [3.05, 3.63) is 0 Å². The van der Waals surface area contributed by atoms with E-state index in [1.54, 1.807) is 0 Å². The summed E-state index contributed by atoms with van der Waals surface area (Å²) in [6.07, 6.45) is -2.28. The van der Waals surface area contributed by atoms with Gasteiger partial charge in [-0.05, 0) is 33.6 Å². The number of nitrogens with zero attached hydrogens (tertiary/aromatic N) is 1. The van der Waals surface area contributed by atoms with Crippen LogP contribution in [0.4, 0.5) is 0 Å². The van der Waals surface area contributed by atoms with Gasteiger partial charge < -0.3 is 48.5 Å². The molecule has 14 nitrogen and oxygen atoms in total. The second kappa shape index (κ2) is 13.4. The monoisotopic (exact) mass is 447 g/mol. The van der Waals surface area contributed by atoms with Gasteiger partial charge in [0.1, 0.15) is 24.2 Å².